The quantitative estimate of drug-likeness (QED) is 0.711. The first-order chi connectivity index (χ1) is 13.4. The maximum absolute atomic E-state index is 13.3. The third-order valence-corrected chi connectivity index (χ3v) is 6.94. The van der Waals surface area contributed by atoms with E-state index in [4.69, 9.17) is 0 Å². The fourth-order valence-corrected chi connectivity index (χ4v) is 5.22. The van der Waals surface area contributed by atoms with E-state index < -0.39 is 11.7 Å². The lowest BCUT2D eigenvalue weighted by Gasteiger charge is -2.37. The average molecular weight is 410 g/mol. The third-order valence-electron chi connectivity index (χ3n) is 5.71. The molecule has 0 aromatic heterocycles. The van der Waals surface area contributed by atoms with Gasteiger partial charge in [-0.25, -0.2) is 0 Å². The van der Waals surface area contributed by atoms with Gasteiger partial charge >= 0.3 is 6.18 Å². The van der Waals surface area contributed by atoms with Gasteiger partial charge in [0.1, 0.15) is 0 Å². The van der Waals surface area contributed by atoms with Crippen LogP contribution in [0.1, 0.15) is 19.3 Å². The maximum Gasteiger partial charge on any atom is 0.412 e. The predicted molar refractivity (Wildman–Crippen MR) is 109 cm³/mol. The Labute approximate surface area is 168 Å². The fourth-order valence-electron chi connectivity index (χ4n) is 4.04. The minimum Gasteiger partial charge on any atom is -0.340 e. The molecule has 7 heteroatoms. The van der Waals surface area contributed by atoms with Crippen molar-refractivity contribution >= 4 is 17.4 Å². The summed E-state index contributed by atoms with van der Waals surface area (Å²) in [5, 5.41) is 0. The Morgan fingerprint density at radius 2 is 1.75 bits per heavy atom. The van der Waals surface area contributed by atoms with Crippen molar-refractivity contribution in [1.29, 1.82) is 0 Å². The molecule has 0 bridgehead atoms. The normalized spacial score (nSPS) is 21.4. The fraction of sp³-hybridized carbons (Fsp3) is 0.524. The van der Waals surface area contributed by atoms with Crippen molar-refractivity contribution < 1.29 is 13.2 Å². The lowest BCUT2D eigenvalue weighted by atomic mass is 10.0. The number of piperazine rings is 1. The van der Waals surface area contributed by atoms with Gasteiger partial charge in [0.05, 0.1) is 11.4 Å². The molecule has 2 aliphatic heterocycles. The molecule has 0 spiro atoms. The van der Waals surface area contributed by atoms with Crippen molar-refractivity contribution in [3.63, 3.8) is 0 Å². The summed E-state index contributed by atoms with van der Waals surface area (Å²) in [6, 6.07) is 8.06. The Balaban J connectivity index is 1.52. The number of halogens is 3. The highest BCUT2D eigenvalue weighted by atomic mass is 32.2. The van der Waals surface area contributed by atoms with Gasteiger partial charge < -0.3 is 14.7 Å². The van der Waals surface area contributed by atoms with Crippen LogP contribution in [0, 0.1) is 0 Å². The lowest BCUT2D eigenvalue weighted by molar-refractivity contribution is -0.0941. The summed E-state index contributed by atoms with van der Waals surface area (Å²) in [6.07, 6.45) is -1.38. The van der Waals surface area contributed by atoms with Crippen molar-refractivity contribution in [1.82, 2.24) is 9.80 Å². The number of hydrogen-bond acceptors (Lipinski definition) is 4. The van der Waals surface area contributed by atoms with E-state index in [0.717, 1.165) is 66.9 Å². The van der Waals surface area contributed by atoms with Gasteiger partial charge in [0.25, 0.3) is 0 Å². The van der Waals surface area contributed by atoms with Crippen LogP contribution in [0.25, 0.3) is 0 Å². The van der Waals surface area contributed by atoms with Crippen LogP contribution in [-0.2, 0) is 0 Å². The van der Waals surface area contributed by atoms with Gasteiger partial charge in [0.2, 0.25) is 0 Å². The maximum atomic E-state index is 13.3. The van der Waals surface area contributed by atoms with Gasteiger partial charge in [-0.15, -0.1) is 0 Å². The van der Waals surface area contributed by atoms with Crippen molar-refractivity contribution in [2.75, 3.05) is 51.2 Å². The van der Waals surface area contributed by atoms with E-state index in [9.17, 15) is 13.2 Å². The Bertz CT molecular complexity index is 779. The highest BCUT2D eigenvalue weighted by molar-refractivity contribution is 8.03. The molecule has 28 heavy (non-hydrogen) atoms. The van der Waals surface area contributed by atoms with E-state index in [2.05, 4.69) is 27.8 Å². The molecule has 0 saturated carbocycles. The largest absolute Gasteiger partial charge is 0.412 e. The standard InChI is InChI=1S/C21H26F3N3S/c1-25-11-13-26(14-12-25)9-4-10-27-17-5-2-3-6-19(17)28-20-8-7-16(15-18(20)27)21(22,23)24/h2-3,5-6,15H,4,7-14H2,1H3. The molecule has 2 heterocycles. The first-order valence-electron chi connectivity index (χ1n) is 9.88. The van der Waals surface area contributed by atoms with E-state index >= 15 is 0 Å². The molecule has 0 N–H and O–H groups in total. The molecule has 4 rings (SSSR count). The number of nitrogens with zero attached hydrogens (tertiary/aromatic N) is 3. The Kier molecular flexibility index (Phi) is 5.76. The summed E-state index contributed by atoms with van der Waals surface area (Å²) in [5.41, 5.74) is 1.38. The van der Waals surface area contributed by atoms with Gasteiger partial charge in [0.15, 0.2) is 0 Å². The van der Waals surface area contributed by atoms with Gasteiger partial charge in [-0.2, -0.15) is 13.2 Å². The second-order valence-corrected chi connectivity index (χ2v) is 8.83. The number of likely N-dealkylation sites (N-methyl/N-ethyl adjacent to an activating group) is 1. The molecule has 152 valence electrons. The van der Waals surface area contributed by atoms with Crippen LogP contribution in [-0.4, -0.2) is 62.3 Å². The molecule has 1 aromatic rings. The Morgan fingerprint density at radius 3 is 2.50 bits per heavy atom. The SMILES string of the molecule is CN1CCN(CCCN2C3=C(CCC(C(F)(F)F)=C3)Sc3ccccc32)CC1. The first-order valence-corrected chi connectivity index (χ1v) is 10.7. The van der Waals surface area contributed by atoms with Crippen LogP contribution in [0.15, 0.2) is 51.4 Å². The molecule has 0 atom stereocenters. The summed E-state index contributed by atoms with van der Waals surface area (Å²) in [7, 11) is 2.14. The van der Waals surface area contributed by atoms with Crippen molar-refractivity contribution in [2.45, 2.75) is 30.3 Å². The van der Waals surface area contributed by atoms with Crippen LogP contribution in [0.2, 0.25) is 0 Å². The molecule has 0 radical (unpaired) electrons. The van der Waals surface area contributed by atoms with Crippen molar-refractivity contribution in [2.24, 2.45) is 0 Å². The summed E-state index contributed by atoms with van der Waals surface area (Å²) < 4.78 is 40.0. The topological polar surface area (TPSA) is 9.72 Å². The predicted octanol–water partition coefficient (Wildman–Crippen LogP) is 4.73. The highest BCUT2D eigenvalue weighted by Crippen LogP contribution is 2.49. The highest BCUT2D eigenvalue weighted by Gasteiger charge is 2.37. The van der Waals surface area contributed by atoms with Crippen molar-refractivity contribution in [3.8, 4) is 0 Å². The summed E-state index contributed by atoms with van der Waals surface area (Å²) >= 11 is 1.63. The van der Waals surface area contributed by atoms with Crippen LogP contribution < -0.4 is 4.90 Å². The third kappa shape index (κ3) is 4.26. The molecule has 0 amide bonds. The average Bonchev–Trinajstić information content (AvgIpc) is 2.68. The summed E-state index contributed by atoms with van der Waals surface area (Å²) in [4.78, 5) is 9.10. The smallest absolute Gasteiger partial charge is 0.340 e. The molecule has 1 saturated heterocycles. The Hall–Kier alpha value is -1.44. The molecule has 3 aliphatic rings. The number of thioether (sulfide) groups is 1. The van der Waals surface area contributed by atoms with E-state index in [-0.39, 0.29) is 6.42 Å². The molecular weight excluding hydrogens is 383 g/mol. The molecule has 1 aromatic carbocycles. The van der Waals surface area contributed by atoms with E-state index in [0.29, 0.717) is 6.42 Å². The lowest BCUT2D eigenvalue weighted by Crippen LogP contribution is -2.45. The number of hydrogen-bond donors (Lipinski definition) is 0. The monoisotopic (exact) mass is 409 g/mol. The molecule has 0 unspecified atom stereocenters. The Morgan fingerprint density at radius 1 is 1.00 bits per heavy atom. The summed E-state index contributed by atoms with van der Waals surface area (Å²) in [5.74, 6) is 0. The van der Waals surface area contributed by atoms with E-state index in [1.165, 1.54) is 6.08 Å². The van der Waals surface area contributed by atoms with E-state index in [1.54, 1.807) is 11.8 Å². The molecule has 1 fully saturated rings. The minimum absolute atomic E-state index is 0.0760. The number of alkyl halides is 3. The van der Waals surface area contributed by atoms with Gasteiger partial charge in [-0.3, -0.25) is 0 Å². The molecular formula is C21H26F3N3S. The number of fused-ring (bicyclic) bond motifs is 1. The van der Waals surface area contributed by atoms with Crippen LogP contribution in [0.3, 0.4) is 0 Å². The zero-order valence-electron chi connectivity index (χ0n) is 16.1. The van der Waals surface area contributed by atoms with Gasteiger partial charge in [-0.1, -0.05) is 23.9 Å². The molecule has 3 nitrogen and oxygen atoms in total. The number of benzene rings is 1. The van der Waals surface area contributed by atoms with Crippen LogP contribution in [0.4, 0.5) is 18.9 Å². The van der Waals surface area contributed by atoms with E-state index in [1.807, 2.05) is 18.2 Å². The number of anilines is 1. The van der Waals surface area contributed by atoms with Gasteiger partial charge in [0, 0.05) is 48.1 Å². The van der Waals surface area contributed by atoms with Crippen LogP contribution in [0.5, 0.6) is 0 Å². The zero-order chi connectivity index (χ0) is 19.7. The molecule has 1 aliphatic carbocycles. The van der Waals surface area contributed by atoms with Crippen molar-refractivity contribution in [3.05, 3.63) is 46.5 Å². The minimum atomic E-state index is -4.24. The second kappa shape index (κ2) is 8.13. The number of rotatable bonds is 4. The van der Waals surface area contributed by atoms with Crippen LogP contribution >= 0.6 is 11.8 Å². The second-order valence-electron chi connectivity index (χ2n) is 7.70. The first kappa shape index (κ1) is 19.9. The van der Waals surface area contributed by atoms with Gasteiger partial charge in [-0.05, 0) is 51.1 Å². The summed E-state index contributed by atoms with van der Waals surface area (Å²) in [6.45, 7) is 6.01. The zero-order valence-corrected chi connectivity index (χ0v) is 17.0. The number of para-hydroxylation sites is 1. The number of allylic oxidation sites excluding steroid dienone is 3.